The van der Waals surface area contributed by atoms with Gasteiger partial charge in [-0.2, -0.15) is 0 Å². The fourth-order valence-electron chi connectivity index (χ4n) is 2.10. The van der Waals surface area contributed by atoms with E-state index in [0.29, 0.717) is 13.1 Å². The molecule has 1 fully saturated rings. The Balaban J connectivity index is 1.63. The topological polar surface area (TPSA) is 70.6 Å². The minimum absolute atomic E-state index is 0.0639. The highest BCUT2D eigenvalue weighted by molar-refractivity contribution is 5.73. The Hall–Kier alpha value is -2.19. The van der Waals surface area contributed by atoms with Crippen molar-refractivity contribution in [2.24, 2.45) is 5.41 Å². The summed E-state index contributed by atoms with van der Waals surface area (Å²) in [6, 6.07) is 7.45. The first-order chi connectivity index (χ1) is 10.7. The predicted octanol–water partition coefficient (Wildman–Crippen LogP) is 1.31. The highest BCUT2D eigenvalue weighted by atomic mass is 16.5. The van der Waals surface area contributed by atoms with Crippen LogP contribution in [0.2, 0.25) is 0 Å². The Morgan fingerprint density at radius 1 is 1.32 bits per heavy atom. The van der Waals surface area contributed by atoms with Crippen LogP contribution in [0.5, 0.6) is 5.75 Å². The van der Waals surface area contributed by atoms with Gasteiger partial charge in [-0.05, 0) is 37.0 Å². The summed E-state index contributed by atoms with van der Waals surface area (Å²) in [5.41, 5.74) is 1.05. The number of aliphatic hydroxyl groups excluding tert-OH is 1. The maximum atomic E-state index is 11.7. The molecular formula is C17H22N2O3. The van der Waals surface area contributed by atoms with E-state index in [1.165, 1.54) is 0 Å². The van der Waals surface area contributed by atoms with Gasteiger partial charge in [0.05, 0.1) is 6.61 Å². The van der Waals surface area contributed by atoms with Crippen LogP contribution in [0.1, 0.15) is 18.4 Å². The monoisotopic (exact) mass is 302 g/mol. The maximum Gasteiger partial charge on any atom is 0.314 e. The molecule has 1 aliphatic carbocycles. The van der Waals surface area contributed by atoms with Crippen LogP contribution in [-0.4, -0.2) is 37.4 Å². The van der Waals surface area contributed by atoms with Gasteiger partial charge in [-0.25, -0.2) is 4.79 Å². The summed E-state index contributed by atoms with van der Waals surface area (Å²) in [6.07, 6.45) is 7.84. The van der Waals surface area contributed by atoms with Crippen LogP contribution < -0.4 is 15.4 Å². The van der Waals surface area contributed by atoms with Crippen molar-refractivity contribution in [3.05, 3.63) is 29.8 Å². The first kappa shape index (κ1) is 16.2. The molecule has 0 heterocycles. The second-order valence-corrected chi connectivity index (χ2v) is 5.65. The van der Waals surface area contributed by atoms with Crippen LogP contribution in [0, 0.1) is 17.8 Å². The smallest absolute Gasteiger partial charge is 0.314 e. The van der Waals surface area contributed by atoms with Gasteiger partial charge in [-0.15, -0.1) is 6.42 Å². The number of urea groups is 1. The molecule has 1 aromatic rings. The van der Waals surface area contributed by atoms with E-state index < -0.39 is 0 Å². The second kappa shape index (κ2) is 7.71. The number of ether oxygens (including phenoxy) is 1. The third-order valence-electron chi connectivity index (χ3n) is 3.86. The number of hydrogen-bond acceptors (Lipinski definition) is 3. The number of terminal acetylenes is 1. The number of carbonyl (C=O) groups is 1. The molecule has 2 amide bonds. The number of amides is 2. The van der Waals surface area contributed by atoms with Crippen molar-refractivity contribution < 1.29 is 14.6 Å². The van der Waals surface area contributed by atoms with Crippen molar-refractivity contribution in [2.75, 3.05) is 26.3 Å². The van der Waals surface area contributed by atoms with Crippen LogP contribution in [0.3, 0.4) is 0 Å². The molecule has 0 atom stereocenters. The lowest BCUT2D eigenvalue weighted by Gasteiger charge is -2.13. The van der Waals surface area contributed by atoms with Gasteiger partial charge in [0.25, 0.3) is 0 Å². The predicted molar refractivity (Wildman–Crippen MR) is 84.6 cm³/mol. The van der Waals surface area contributed by atoms with Gasteiger partial charge in [0, 0.05) is 18.5 Å². The van der Waals surface area contributed by atoms with Crippen molar-refractivity contribution >= 4 is 6.03 Å². The Morgan fingerprint density at radius 3 is 2.64 bits per heavy atom. The van der Waals surface area contributed by atoms with Crippen molar-refractivity contribution in [1.82, 2.24) is 10.6 Å². The van der Waals surface area contributed by atoms with E-state index >= 15 is 0 Å². The van der Waals surface area contributed by atoms with E-state index in [1.807, 2.05) is 24.3 Å². The third kappa shape index (κ3) is 4.97. The van der Waals surface area contributed by atoms with Gasteiger partial charge in [0.2, 0.25) is 0 Å². The Bertz CT molecular complexity index is 530. The van der Waals surface area contributed by atoms with Gasteiger partial charge in [0.15, 0.2) is 0 Å². The first-order valence-corrected chi connectivity index (χ1v) is 7.45. The van der Waals surface area contributed by atoms with E-state index in [9.17, 15) is 9.90 Å². The Labute approximate surface area is 131 Å². The average Bonchev–Trinajstić information content (AvgIpc) is 3.33. The number of hydrogen-bond donors (Lipinski definition) is 3. The minimum atomic E-state index is -0.186. The standard InChI is InChI=1S/C17H22N2O3/c1-2-11-22-15-5-3-14(4-6-15)7-10-18-16(21)19-12-17(13-20)8-9-17/h1,3-6,20H,7-13H2,(H2,18,19,21). The molecule has 118 valence electrons. The first-order valence-electron chi connectivity index (χ1n) is 7.45. The highest BCUT2D eigenvalue weighted by Gasteiger charge is 2.41. The van der Waals surface area contributed by atoms with Gasteiger partial charge < -0.3 is 20.5 Å². The zero-order chi connectivity index (χ0) is 15.8. The van der Waals surface area contributed by atoms with Crippen LogP contribution in [0.15, 0.2) is 24.3 Å². The van der Waals surface area contributed by atoms with E-state index in [-0.39, 0.29) is 24.7 Å². The Kier molecular flexibility index (Phi) is 5.68. The quantitative estimate of drug-likeness (QED) is 0.634. The molecule has 3 N–H and O–H groups in total. The number of rotatable bonds is 8. The fourth-order valence-corrected chi connectivity index (χ4v) is 2.10. The molecule has 2 rings (SSSR count). The normalized spacial score (nSPS) is 14.7. The van der Waals surface area contributed by atoms with Crippen LogP contribution in [0.25, 0.3) is 0 Å². The summed E-state index contributed by atoms with van der Waals surface area (Å²) < 4.78 is 5.30. The highest BCUT2D eigenvalue weighted by Crippen LogP contribution is 2.44. The average molecular weight is 302 g/mol. The minimum Gasteiger partial charge on any atom is -0.481 e. The summed E-state index contributed by atoms with van der Waals surface area (Å²) in [5.74, 6) is 3.16. The lowest BCUT2D eigenvalue weighted by Crippen LogP contribution is -2.40. The van der Waals surface area contributed by atoms with Crippen LogP contribution >= 0.6 is 0 Å². The lowest BCUT2D eigenvalue weighted by molar-refractivity contribution is 0.203. The molecule has 0 radical (unpaired) electrons. The molecule has 0 saturated heterocycles. The second-order valence-electron chi connectivity index (χ2n) is 5.65. The number of nitrogens with one attached hydrogen (secondary N) is 2. The van der Waals surface area contributed by atoms with Crippen molar-refractivity contribution in [3.8, 4) is 18.1 Å². The van der Waals surface area contributed by atoms with Crippen molar-refractivity contribution in [1.29, 1.82) is 0 Å². The van der Waals surface area contributed by atoms with E-state index in [1.54, 1.807) is 0 Å². The molecule has 5 nitrogen and oxygen atoms in total. The maximum absolute atomic E-state index is 11.7. The summed E-state index contributed by atoms with van der Waals surface area (Å²) in [4.78, 5) is 11.7. The van der Waals surface area contributed by atoms with Gasteiger partial charge >= 0.3 is 6.03 Å². The van der Waals surface area contributed by atoms with Crippen molar-refractivity contribution in [2.45, 2.75) is 19.3 Å². The van der Waals surface area contributed by atoms with Gasteiger partial charge in [0.1, 0.15) is 12.4 Å². The third-order valence-corrected chi connectivity index (χ3v) is 3.86. The molecule has 5 heteroatoms. The molecule has 1 aliphatic rings. The fraction of sp³-hybridized carbons (Fsp3) is 0.471. The Morgan fingerprint density at radius 2 is 2.05 bits per heavy atom. The molecule has 22 heavy (non-hydrogen) atoms. The summed E-state index contributed by atoms with van der Waals surface area (Å²) in [6.45, 7) is 1.50. The van der Waals surface area contributed by atoms with E-state index in [0.717, 1.165) is 30.6 Å². The zero-order valence-corrected chi connectivity index (χ0v) is 12.6. The van der Waals surface area contributed by atoms with Crippen LogP contribution in [0.4, 0.5) is 4.79 Å². The summed E-state index contributed by atoms with van der Waals surface area (Å²) in [5, 5.41) is 14.8. The molecule has 1 saturated carbocycles. The van der Waals surface area contributed by atoms with E-state index in [2.05, 4.69) is 16.6 Å². The van der Waals surface area contributed by atoms with Crippen molar-refractivity contribution in [3.63, 3.8) is 0 Å². The molecule has 0 aliphatic heterocycles. The molecule has 0 bridgehead atoms. The summed E-state index contributed by atoms with van der Waals surface area (Å²) in [7, 11) is 0. The molecular weight excluding hydrogens is 280 g/mol. The van der Waals surface area contributed by atoms with Gasteiger partial charge in [-0.1, -0.05) is 18.1 Å². The summed E-state index contributed by atoms with van der Waals surface area (Å²) >= 11 is 0. The van der Waals surface area contributed by atoms with E-state index in [4.69, 9.17) is 11.2 Å². The number of carbonyl (C=O) groups excluding carboxylic acids is 1. The lowest BCUT2D eigenvalue weighted by atomic mass is 10.1. The molecule has 0 spiro atoms. The molecule has 1 aromatic carbocycles. The van der Waals surface area contributed by atoms with Crippen LogP contribution in [-0.2, 0) is 6.42 Å². The number of aliphatic hydroxyl groups is 1. The largest absolute Gasteiger partial charge is 0.481 e. The molecule has 0 unspecified atom stereocenters. The molecule has 0 aromatic heterocycles. The SMILES string of the molecule is C#CCOc1ccc(CCNC(=O)NCC2(CO)CC2)cc1. The van der Waals surface area contributed by atoms with Gasteiger partial charge in [-0.3, -0.25) is 0 Å². The zero-order valence-electron chi connectivity index (χ0n) is 12.6. The number of benzene rings is 1.